The number of hydrogen-bond acceptors (Lipinski definition) is 11. The number of ether oxygens (including phenoxy) is 1. The summed E-state index contributed by atoms with van der Waals surface area (Å²) in [7, 11) is 5.22. The third-order valence-electron chi connectivity index (χ3n) is 6.98. The maximum atomic E-state index is 14.8. The molecule has 0 fully saturated rings. The lowest BCUT2D eigenvalue weighted by molar-refractivity contribution is -0.898. The third kappa shape index (κ3) is 7.85. The zero-order valence-corrected chi connectivity index (χ0v) is 25.6. The SMILES string of the molecule is Cn1c(C#N)nc([N+](=O)[O-])c1C[N+](C)(C)C/C=C/C(=O)Nc1cc2c(Nc3ccc(OCc4ccccn4)c(F)c3)ncnc2cn1. The van der Waals surface area contributed by atoms with Gasteiger partial charge in [0.15, 0.2) is 23.3 Å². The summed E-state index contributed by atoms with van der Waals surface area (Å²) in [6.45, 7) is 0.656. The highest BCUT2D eigenvalue weighted by atomic mass is 19.1. The Morgan fingerprint density at radius 3 is 2.74 bits per heavy atom. The van der Waals surface area contributed by atoms with E-state index in [1.807, 2.05) is 26.2 Å². The molecular formula is C31H29FN11O4+. The van der Waals surface area contributed by atoms with Gasteiger partial charge in [-0.05, 0) is 46.3 Å². The Morgan fingerprint density at radius 2 is 2.02 bits per heavy atom. The first-order chi connectivity index (χ1) is 22.5. The largest absolute Gasteiger partial charge is 0.484 e. The lowest BCUT2D eigenvalue weighted by Crippen LogP contribution is -2.39. The molecule has 1 amide bonds. The van der Waals surface area contributed by atoms with Crippen molar-refractivity contribution >= 4 is 40.0 Å². The highest BCUT2D eigenvalue weighted by molar-refractivity contribution is 6.00. The number of halogens is 1. The highest BCUT2D eigenvalue weighted by Crippen LogP contribution is 2.28. The Hall–Kier alpha value is -6.34. The molecule has 5 aromatic rings. The van der Waals surface area contributed by atoms with Crippen molar-refractivity contribution in [3.8, 4) is 11.8 Å². The average Bonchev–Trinajstić information content (AvgIpc) is 3.35. The number of carbonyl (C=O) groups is 1. The molecule has 2 N–H and O–H groups in total. The van der Waals surface area contributed by atoms with Gasteiger partial charge in [0.25, 0.3) is 0 Å². The summed E-state index contributed by atoms with van der Waals surface area (Å²) >= 11 is 0. The van der Waals surface area contributed by atoms with E-state index >= 15 is 0 Å². The standard InChI is InChI=1S/C31H28FN11O4/c1-41-25(31(42(45)46)40-28(41)15-33)17-43(2,3)12-6-8-29(44)39-27-14-22-24(16-35-27)36-19-37-30(22)38-20-9-10-26(23(32)13-20)47-18-21-7-4-5-11-34-21/h4-11,13-14,16,19H,12,17-18H2,1-3H3,(H-,35,36,37,38,39,44)/p+1/b8-6+. The molecule has 0 saturated carbocycles. The third-order valence-corrected chi connectivity index (χ3v) is 6.98. The number of anilines is 3. The second kappa shape index (κ2) is 13.7. The second-order valence-electron chi connectivity index (χ2n) is 11.0. The lowest BCUT2D eigenvalue weighted by atomic mass is 10.2. The quantitative estimate of drug-likeness (QED) is 0.0864. The summed E-state index contributed by atoms with van der Waals surface area (Å²) in [4.78, 5) is 44.3. The van der Waals surface area contributed by atoms with Gasteiger partial charge in [0.1, 0.15) is 31.1 Å². The van der Waals surface area contributed by atoms with Crippen LogP contribution in [0.1, 0.15) is 17.2 Å². The number of pyridine rings is 2. The van der Waals surface area contributed by atoms with E-state index in [2.05, 4.69) is 35.6 Å². The van der Waals surface area contributed by atoms with E-state index in [4.69, 9.17) is 4.74 Å². The molecule has 238 valence electrons. The number of fused-ring (bicyclic) bond motifs is 1. The number of rotatable bonds is 12. The predicted octanol–water partition coefficient (Wildman–Crippen LogP) is 4.17. The maximum Gasteiger partial charge on any atom is 0.392 e. The fraction of sp³-hybridized carbons (Fsp3) is 0.194. The van der Waals surface area contributed by atoms with Crippen molar-refractivity contribution in [2.45, 2.75) is 13.2 Å². The second-order valence-corrected chi connectivity index (χ2v) is 11.0. The molecule has 0 aliphatic carbocycles. The molecule has 0 atom stereocenters. The van der Waals surface area contributed by atoms with E-state index in [0.29, 0.717) is 40.3 Å². The molecule has 1 aromatic carbocycles. The minimum absolute atomic E-state index is 0.0552. The van der Waals surface area contributed by atoms with Gasteiger partial charge in [0.05, 0.1) is 38.0 Å². The summed E-state index contributed by atoms with van der Waals surface area (Å²) in [5, 5.41) is 27.0. The summed E-state index contributed by atoms with van der Waals surface area (Å²) in [5.74, 6) is -0.775. The number of hydrogen-bond donors (Lipinski definition) is 2. The average molecular weight is 639 g/mol. The number of benzene rings is 1. The number of quaternary nitrogens is 1. The molecule has 5 rings (SSSR count). The first-order valence-corrected chi connectivity index (χ1v) is 14.1. The van der Waals surface area contributed by atoms with Crippen LogP contribution in [0, 0.1) is 27.3 Å². The Balaban J connectivity index is 1.23. The fourth-order valence-corrected chi connectivity index (χ4v) is 4.62. The van der Waals surface area contributed by atoms with Gasteiger partial charge >= 0.3 is 11.6 Å². The number of likely N-dealkylation sites (N-methyl/N-ethyl adjacent to an activating group) is 1. The molecule has 15 nitrogen and oxygen atoms in total. The molecule has 4 aromatic heterocycles. The van der Waals surface area contributed by atoms with E-state index in [0.717, 1.165) is 0 Å². The summed E-state index contributed by atoms with van der Waals surface area (Å²) in [6, 6.07) is 13.3. The lowest BCUT2D eigenvalue weighted by Gasteiger charge is -2.28. The molecule has 0 aliphatic rings. The summed E-state index contributed by atoms with van der Waals surface area (Å²) < 4.78 is 22.0. The first kappa shape index (κ1) is 32.1. The Morgan fingerprint density at radius 1 is 1.19 bits per heavy atom. The number of nitro groups is 1. The van der Waals surface area contributed by atoms with Crippen LogP contribution in [0.4, 0.5) is 27.5 Å². The number of nitrogens with zero attached hydrogens (tertiary/aromatic N) is 9. The number of aromatic nitrogens is 6. The van der Waals surface area contributed by atoms with Crippen LogP contribution >= 0.6 is 0 Å². The van der Waals surface area contributed by atoms with Crippen LogP contribution in [-0.2, 0) is 25.0 Å². The van der Waals surface area contributed by atoms with Crippen LogP contribution in [0.5, 0.6) is 5.75 Å². The van der Waals surface area contributed by atoms with Crippen molar-refractivity contribution in [1.29, 1.82) is 5.26 Å². The predicted molar refractivity (Wildman–Crippen MR) is 169 cm³/mol. The zero-order chi connectivity index (χ0) is 33.6. The van der Waals surface area contributed by atoms with Crippen molar-refractivity contribution < 1.29 is 23.3 Å². The fourth-order valence-electron chi connectivity index (χ4n) is 4.62. The van der Waals surface area contributed by atoms with Gasteiger partial charge in [0, 0.05) is 36.5 Å². The van der Waals surface area contributed by atoms with Crippen molar-refractivity contribution in [3.63, 3.8) is 0 Å². The minimum Gasteiger partial charge on any atom is -0.484 e. The van der Waals surface area contributed by atoms with Crippen molar-refractivity contribution in [3.05, 3.63) is 106 Å². The van der Waals surface area contributed by atoms with Gasteiger partial charge in [-0.2, -0.15) is 5.26 Å². The number of carbonyl (C=O) groups excluding carboxylic acids is 1. The van der Waals surface area contributed by atoms with Gasteiger partial charge < -0.3 is 30.0 Å². The molecular weight excluding hydrogens is 609 g/mol. The van der Waals surface area contributed by atoms with Crippen molar-refractivity contribution in [2.24, 2.45) is 7.05 Å². The van der Waals surface area contributed by atoms with Crippen molar-refractivity contribution in [2.75, 3.05) is 31.3 Å². The van der Waals surface area contributed by atoms with Crippen LogP contribution in [0.2, 0.25) is 0 Å². The number of imidazole rings is 1. The van der Waals surface area contributed by atoms with Crippen LogP contribution in [0.3, 0.4) is 0 Å². The van der Waals surface area contributed by atoms with E-state index in [9.17, 15) is 24.6 Å². The molecule has 0 radical (unpaired) electrons. The molecule has 0 spiro atoms. The Bertz CT molecular complexity index is 2020. The number of nitriles is 1. The monoisotopic (exact) mass is 638 g/mol. The smallest absolute Gasteiger partial charge is 0.392 e. The van der Waals surface area contributed by atoms with Gasteiger partial charge in [-0.15, -0.1) is 0 Å². The van der Waals surface area contributed by atoms with Gasteiger partial charge in [-0.25, -0.2) is 19.3 Å². The van der Waals surface area contributed by atoms with Crippen LogP contribution < -0.4 is 15.4 Å². The Kier molecular flexibility index (Phi) is 9.38. The van der Waals surface area contributed by atoms with Crippen LogP contribution in [0.15, 0.2) is 73.3 Å². The maximum absolute atomic E-state index is 14.8. The van der Waals surface area contributed by atoms with Crippen LogP contribution in [-0.4, -0.2) is 65.4 Å². The van der Waals surface area contributed by atoms with E-state index in [1.165, 1.54) is 35.3 Å². The number of nitrogens with one attached hydrogen (secondary N) is 2. The van der Waals surface area contributed by atoms with Gasteiger partial charge in [0.2, 0.25) is 5.91 Å². The van der Waals surface area contributed by atoms with E-state index in [-0.39, 0.29) is 40.8 Å². The summed E-state index contributed by atoms with van der Waals surface area (Å²) in [5.41, 5.74) is 1.88. The molecule has 16 heteroatoms. The topological polar surface area (TPSA) is 187 Å². The molecule has 47 heavy (non-hydrogen) atoms. The van der Waals surface area contributed by atoms with E-state index in [1.54, 1.807) is 43.6 Å². The molecule has 0 unspecified atom stereocenters. The molecule has 4 heterocycles. The van der Waals surface area contributed by atoms with Gasteiger partial charge in [-0.3, -0.25) is 14.3 Å². The highest BCUT2D eigenvalue weighted by Gasteiger charge is 2.30. The van der Waals surface area contributed by atoms with Crippen LogP contribution in [0.25, 0.3) is 10.9 Å². The summed E-state index contributed by atoms with van der Waals surface area (Å²) in [6.07, 6.45) is 7.43. The minimum atomic E-state index is -0.614. The normalized spacial score (nSPS) is 11.4. The van der Waals surface area contributed by atoms with Gasteiger partial charge in [-0.1, -0.05) is 6.07 Å². The van der Waals surface area contributed by atoms with Crippen molar-refractivity contribution in [1.82, 2.24) is 29.5 Å². The Labute approximate surface area is 267 Å². The molecule has 0 bridgehead atoms. The van der Waals surface area contributed by atoms with E-state index < -0.39 is 16.6 Å². The molecule has 0 saturated heterocycles. The zero-order valence-electron chi connectivity index (χ0n) is 25.6. The molecule has 0 aliphatic heterocycles. The number of amides is 1. The first-order valence-electron chi connectivity index (χ1n) is 14.1.